The summed E-state index contributed by atoms with van der Waals surface area (Å²) in [5, 5.41) is 12.9. The third-order valence-corrected chi connectivity index (χ3v) is 6.99. The van der Waals surface area contributed by atoms with Gasteiger partial charge in [-0.15, -0.1) is 10.2 Å². The molecule has 0 bridgehead atoms. The minimum atomic E-state index is -0.318. The summed E-state index contributed by atoms with van der Waals surface area (Å²) in [5.41, 5.74) is 3.73. The molecule has 2 heterocycles. The summed E-state index contributed by atoms with van der Waals surface area (Å²) < 4.78 is 1.97. The van der Waals surface area contributed by atoms with Gasteiger partial charge in [-0.25, -0.2) is 0 Å². The van der Waals surface area contributed by atoms with Crippen molar-refractivity contribution in [3.05, 3.63) is 89.2 Å². The Balaban J connectivity index is 1.66. The van der Waals surface area contributed by atoms with Crippen LogP contribution in [-0.4, -0.2) is 30.9 Å². The van der Waals surface area contributed by atoms with Crippen LogP contribution in [0.1, 0.15) is 24.5 Å². The van der Waals surface area contributed by atoms with Crippen molar-refractivity contribution in [1.29, 1.82) is 0 Å². The number of nitrogens with zero attached hydrogens (tertiary/aromatic N) is 4. The maximum atomic E-state index is 13.0. The predicted molar refractivity (Wildman–Crippen MR) is 133 cm³/mol. The van der Waals surface area contributed by atoms with Crippen molar-refractivity contribution in [1.82, 2.24) is 25.1 Å². The van der Waals surface area contributed by atoms with Crippen LogP contribution in [0.15, 0.2) is 78.2 Å². The van der Waals surface area contributed by atoms with Crippen molar-refractivity contribution in [3.63, 3.8) is 0 Å². The number of carbonyl (C=O) groups is 1. The Hall–Kier alpha value is -3.16. The molecule has 1 amide bonds. The van der Waals surface area contributed by atoms with Crippen LogP contribution in [0.3, 0.4) is 0 Å². The number of thioether (sulfide) groups is 1. The highest BCUT2D eigenvalue weighted by atomic mass is 35.5. The van der Waals surface area contributed by atoms with E-state index in [0.717, 1.165) is 22.4 Å². The summed E-state index contributed by atoms with van der Waals surface area (Å²) >= 11 is 7.83. The van der Waals surface area contributed by atoms with E-state index in [2.05, 4.69) is 20.5 Å². The molecule has 0 spiro atoms. The molecule has 8 heteroatoms. The monoisotopic (exact) mass is 477 g/mol. The average molecular weight is 478 g/mol. The zero-order valence-electron chi connectivity index (χ0n) is 18.4. The molecule has 0 fully saturated rings. The zero-order valence-corrected chi connectivity index (χ0v) is 20.0. The fraction of sp³-hybridized carbons (Fsp3) is 0.200. The average Bonchev–Trinajstić information content (AvgIpc) is 3.27. The summed E-state index contributed by atoms with van der Waals surface area (Å²) in [7, 11) is 0. The van der Waals surface area contributed by atoms with Gasteiger partial charge in [-0.1, -0.05) is 66.7 Å². The van der Waals surface area contributed by atoms with Crippen LogP contribution < -0.4 is 5.32 Å². The molecule has 1 atom stereocenters. The molecule has 0 saturated carbocycles. The lowest BCUT2D eigenvalue weighted by Crippen LogP contribution is -2.32. The predicted octanol–water partition coefficient (Wildman–Crippen LogP) is 5.48. The van der Waals surface area contributed by atoms with Crippen molar-refractivity contribution < 1.29 is 4.79 Å². The molecule has 0 aliphatic rings. The first kappa shape index (κ1) is 23.0. The fourth-order valence-electron chi connectivity index (χ4n) is 3.44. The van der Waals surface area contributed by atoms with Crippen molar-refractivity contribution in [2.24, 2.45) is 0 Å². The highest BCUT2D eigenvalue weighted by Crippen LogP contribution is 2.33. The molecule has 2 aromatic carbocycles. The first-order valence-electron chi connectivity index (χ1n) is 10.7. The highest BCUT2D eigenvalue weighted by molar-refractivity contribution is 8.00. The van der Waals surface area contributed by atoms with Gasteiger partial charge in [0.2, 0.25) is 5.91 Å². The van der Waals surface area contributed by atoms with E-state index in [1.54, 1.807) is 12.4 Å². The molecular formula is C25H24ClN5OS. The molecule has 33 heavy (non-hydrogen) atoms. The largest absolute Gasteiger partial charge is 0.351 e. The second kappa shape index (κ2) is 10.6. The van der Waals surface area contributed by atoms with Crippen LogP contribution in [0.25, 0.3) is 17.1 Å². The van der Waals surface area contributed by atoms with Gasteiger partial charge in [0.15, 0.2) is 11.0 Å². The first-order valence-corrected chi connectivity index (χ1v) is 11.9. The number of halogens is 1. The van der Waals surface area contributed by atoms with Crippen LogP contribution >= 0.6 is 23.4 Å². The van der Waals surface area contributed by atoms with Gasteiger partial charge in [0.1, 0.15) is 0 Å². The molecule has 1 unspecified atom stereocenters. The lowest BCUT2D eigenvalue weighted by atomic mass is 10.2. The van der Waals surface area contributed by atoms with Crippen LogP contribution in [0.4, 0.5) is 0 Å². The molecule has 2 aromatic heterocycles. The Morgan fingerprint density at radius 1 is 1.06 bits per heavy atom. The van der Waals surface area contributed by atoms with E-state index in [0.29, 0.717) is 29.0 Å². The summed E-state index contributed by atoms with van der Waals surface area (Å²) in [5.74, 6) is 0.638. The molecule has 0 saturated heterocycles. The molecular weight excluding hydrogens is 454 g/mol. The fourth-order valence-corrected chi connectivity index (χ4v) is 4.60. The second-order valence-corrected chi connectivity index (χ2v) is 9.06. The number of benzene rings is 2. The maximum Gasteiger partial charge on any atom is 0.233 e. The summed E-state index contributed by atoms with van der Waals surface area (Å²) in [6.45, 7) is 4.44. The molecule has 4 rings (SSSR count). The van der Waals surface area contributed by atoms with Gasteiger partial charge in [0, 0.05) is 29.5 Å². The SMILES string of the molecule is CCC(Sc1nnc(-c2ccncc2)n1-c1cccc(Cl)c1C)C(=O)NCc1ccccc1. The molecule has 4 aromatic rings. The lowest BCUT2D eigenvalue weighted by Gasteiger charge is -2.17. The van der Waals surface area contributed by atoms with Crippen molar-refractivity contribution >= 4 is 29.3 Å². The normalized spacial score (nSPS) is 11.8. The number of rotatable bonds is 8. The number of amides is 1. The van der Waals surface area contributed by atoms with Crippen molar-refractivity contribution in [3.8, 4) is 17.1 Å². The first-order chi connectivity index (χ1) is 16.1. The van der Waals surface area contributed by atoms with Gasteiger partial charge in [-0.05, 0) is 48.7 Å². The number of nitrogens with one attached hydrogen (secondary N) is 1. The van der Waals surface area contributed by atoms with E-state index >= 15 is 0 Å². The van der Waals surface area contributed by atoms with Gasteiger partial charge in [-0.2, -0.15) is 0 Å². The minimum absolute atomic E-state index is 0.0332. The van der Waals surface area contributed by atoms with Crippen LogP contribution in [0, 0.1) is 6.92 Å². The molecule has 0 aliphatic heterocycles. The van der Waals surface area contributed by atoms with E-state index in [-0.39, 0.29) is 11.2 Å². The zero-order chi connectivity index (χ0) is 23.2. The van der Waals surface area contributed by atoms with E-state index in [9.17, 15) is 4.79 Å². The van der Waals surface area contributed by atoms with E-state index in [1.807, 2.05) is 79.1 Å². The smallest absolute Gasteiger partial charge is 0.233 e. The molecule has 0 radical (unpaired) electrons. The summed E-state index contributed by atoms with van der Waals surface area (Å²) in [6.07, 6.45) is 4.09. The van der Waals surface area contributed by atoms with Crippen LogP contribution in [-0.2, 0) is 11.3 Å². The van der Waals surface area contributed by atoms with Crippen molar-refractivity contribution in [2.45, 2.75) is 37.2 Å². The van der Waals surface area contributed by atoms with Gasteiger partial charge in [0.25, 0.3) is 0 Å². The Kier molecular flexibility index (Phi) is 7.42. The Morgan fingerprint density at radius 3 is 2.55 bits per heavy atom. The molecule has 1 N–H and O–H groups in total. The molecule has 6 nitrogen and oxygen atoms in total. The van der Waals surface area contributed by atoms with Gasteiger partial charge in [-0.3, -0.25) is 14.3 Å². The van der Waals surface area contributed by atoms with Gasteiger partial charge < -0.3 is 5.32 Å². The number of hydrogen-bond acceptors (Lipinski definition) is 5. The summed E-state index contributed by atoms with van der Waals surface area (Å²) in [6, 6.07) is 19.4. The molecule has 0 aliphatic carbocycles. The van der Waals surface area contributed by atoms with Gasteiger partial charge in [0.05, 0.1) is 10.9 Å². The standard InChI is InChI=1S/C25H24ClN5OS/c1-3-22(24(32)28-16-18-8-5-4-6-9-18)33-25-30-29-23(19-12-14-27-15-13-19)31(25)21-11-7-10-20(26)17(21)2/h4-15,22H,3,16H2,1-2H3,(H,28,32). The number of carbonyl (C=O) groups excluding carboxylic acids is 1. The molecule has 168 valence electrons. The quantitative estimate of drug-likeness (QED) is 0.340. The minimum Gasteiger partial charge on any atom is -0.351 e. The van der Waals surface area contributed by atoms with E-state index in [4.69, 9.17) is 11.6 Å². The third kappa shape index (κ3) is 5.26. The lowest BCUT2D eigenvalue weighted by molar-refractivity contribution is -0.120. The topological polar surface area (TPSA) is 72.7 Å². The second-order valence-electron chi connectivity index (χ2n) is 7.48. The van der Waals surface area contributed by atoms with E-state index in [1.165, 1.54) is 11.8 Å². The Morgan fingerprint density at radius 2 is 1.82 bits per heavy atom. The van der Waals surface area contributed by atoms with E-state index < -0.39 is 0 Å². The third-order valence-electron chi connectivity index (χ3n) is 5.27. The van der Waals surface area contributed by atoms with Crippen LogP contribution in [0.2, 0.25) is 5.02 Å². The maximum absolute atomic E-state index is 13.0. The summed E-state index contributed by atoms with van der Waals surface area (Å²) in [4.78, 5) is 17.1. The Bertz CT molecular complexity index is 1230. The number of hydrogen-bond donors (Lipinski definition) is 1. The highest BCUT2D eigenvalue weighted by Gasteiger charge is 2.24. The van der Waals surface area contributed by atoms with Crippen molar-refractivity contribution in [2.75, 3.05) is 0 Å². The van der Waals surface area contributed by atoms with Gasteiger partial charge >= 0.3 is 0 Å². The Labute approximate surface area is 202 Å². The number of pyridine rings is 1. The van der Waals surface area contributed by atoms with Crippen LogP contribution in [0.5, 0.6) is 0 Å². The number of aromatic nitrogens is 4.